The van der Waals surface area contributed by atoms with Gasteiger partial charge in [0, 0.05) is 41.6 Å². The number of carbonyl (C=O) groups is 3. The summed E-state index contributed by atoms with van der Waals surface area (Å²) in [4.78, 5) is 49.3. The number of aldehydes is 1. The van der Waals surface area contributed by atoms with Crippen molar-refractivity contribution in [1.82, 2.24) is 0 Å². The molecule has 1 aromatic rings. The van der Waals surface area contributed by atoms with Crippen LogP contribution in [0.4, 0.5) is 0 Å². The first-order chi connectivity index (χ1) is 25.0. The second-order valence-corrected chi connectivity index (χ2v) is 19.4. The van der Waals surface area contributed by atoms with Crippen molar-refractivity contribution in [2.24, 2.45) is 69.0 Å². The molecule has 6 aliphatic carbocycles. The lowest BCUT2D eigenvalue weighted by Gasteiger charge is -2.69. The lowest BCUT2D eigenvalue weighted by Crippen LogP contribution is -2.63. The number of methoxy groups -OCH3 is 1. The van der Waals surface area contributed by atoms with Gasteiger partial charge >= 0.3 is 5.97 Å². The minimum atomic E-state index is -0.317. The van der Waals surface area contributed by atoms with Crippen molar-refractivity contribution in [2.45, 2.75) is 132 Å². The second kappa shape index (κ2) is 15.0. The highest BCUT2D eigenvalue weighted by Crippen LogP contribution is 2.73. The Balaban J connectivity index is 0.000000468. The third-order valence-electron chi connectivity index (χ3n) is 16.2. The van der Waals surface area contributed by atoms with E-state index in [1.807, 2.05) is 37.3 Å². The van der Waals surface area contributed by atoms with Crippen LogP contribution in [0.25, 0.3) is 0 Å². The number of allylic oxidation sites excluding steroid dienone is 2. The molecule has 0 aromatic heterocycles. The molecule has 11 unspecified atom stereocenters. The maximum atomic E-state index is 13.5. The van der Waals surface area contributed by atoms with E-state index in [4.69, 9.17) is 9.47 Å². The molecular weight excluding hydrogens is 666 g/mol. The van der Waals surface area contributed by atoms with Gasteiger partial charge in [-0.05, 0) is 115 Å². The summed E-state index contributed by atoms with van der Waals surface area (Å²) in [7, 11) is 1.70. The molecule has 0 bridgehead atoms. The Morgan fingerprint density at radius 2 is 1.68 bits per heavy atom. The third-order valence-corrected chi connectivity index (χ3v) is 16.2. The van der Waals surface area contributed by atoms with E-state index >= 15 is 0 Å². The molecule has 0 N–H and O–H groups in total. The maximum Gasteiger partial charge on any atom is 0.309 e. The molecule has 53 heavy (non-hydrogen) atoms. The van der Waals surface area contributed by atoms with E-state index in [1.54, 1.807) is 7.11 Å². The summed E-state index contributed by atoms with van der Waals surface area (Å²) in [6.45, 7) is 16.6. The number of benzene rings is 1. The highest BCUT2D eigenvalue weighted by Gasteiger charge is 2.67. The van der Waals surface area contributed by atoms with Crippen molar-refractivity contribution < 1.29 is 28.8 Å². The van der Waals surface area contributed by atoms with E-state index in [-0.39, 0.29) is 74.7 Å². The van der Waals surface area contributed by atoms with Crippen molar-refractivity contribution in [2.75, 3.05) is 13.7 Å². The fourth-order valence-electron chi connectivity index (χ4n) is 13.5. The van der Waals surface area contributed by atoms with Crippen LogP contribution in [0.1, 0.15) is 125 Å². The monoisotopic (exact) mass is 731 g/mol. The van der Waals surface area contributed by atoms with Crippen LogP contribution < -0.4 is 0 Å². The van der Waals surface area contributed by atoms with Crippen LogP contribution in [-0.2, 0) is 30.5 Å². The zero-order valence-electron chi connectivity index (χ0n) is 33.7. The van der Waals surface area contributed by atoms with Crippen molar-refractivity contribution >= 4 is 18.0 Å². The summed E-state index contributed by atoms with van der Waals surface area (Å²) in [5.74, 6) is 2.06. The number of hydrogen-bond donors (Lipinski definition) is 0. The average Bonchev–Trinajstić information content (AvgIpc) is 3.41. The Bertz CT molecular complexity index is 1580. The molecular formula is C45H65NO7. The molecule has 292 valence electrons. The van der Waals surface area contributed by atoms with Crippen LogP contribution in [0.3, 0.4) is 0 Å². The smallest absolute Gasteiger partial charge is 0.309 e. The molecule has 0 saturated heterocycles. The fraction of sp³-hybridized carbons (Fsp3) is 0.756. The van der Waals surface area contributed by atoms with Crippen molar-refractivity contribution in [3.05, 3.63) is 57.2 Å². The average molecular weight is 732 g/mol. The number of ether oxygens (including phenoxy) is 2. The van der Waals surface area contributed by atoms with Gasteiger partial charge in [-0.2, -0.15) is 0 Å². The van der Waals surface area contributed by atoms with Gasteiger partial charge in [0.2, 0.25) is 6.54 Å². The summed E-state index contributed by atoms with van der Waals surface area (Å²) in [5, 5.41) is 11.5. The van der Waals surface area contributed by atoms with Gasteiger partial charge in [0.05, 0.1) is 12.5 Å². The molecule has 0 aliphatic heterocycles. The number of esters is 1. The number of carbonyl (C=O) groups excluding carboxylic acids is 3. The summed E-state index contributed by atoms with van der Waals surface area (Å²) >= 11 is 0. The summed E-state index contributed by atoms with van der Waals surface area (Å²) < 4.78 is 11.2. The molecule has 11 atom stereocenters. The van der Waals surface area contributed by atoms with Gasteiger partial charge < -0.3 is 14.3 Å². The van der Waals surface area contributed by atoms with Crippen LogP contribution in [-0.4, -0.2) is 42.7 Å². The zero-order chi connectivity index (χ0) is 38.5. The summed E-state index contributed by atoms with van der Waals surface area (Å²) in [6, 6.07) is 10.1. The van der Waals surface area contributed by atoms with Crippen LogP contribution in [0.5, 0.6) is 0 Å². The van der Waals surface area contributed by atoms with Crippen molar-refractivity contribution in [3.63, 3.8) is 0 Å². The molecule has 0 heterocycles. The number of fused-ring (bicyclic) bond motifs is 7. The molecule has 0 spiro atoms. The summed E-state index contributed by atoms with van der Waals surface area (Å²) in [5.41, 5.74) is 3.43. The largest absolute Gasteiger partial charge is 0.462 e. The first-order valence-corrected chi connectivity index (χ1v) is 20.6. The van der Waals surface area contributed by atoms with Crippen LogP contribution in [0.2, 0.25) is 0 Å². The molecule has 8 heteroatoms. The van der Waals surface area contributed by atoms with E-state index < -0.39 is 0 Å². The molecule has 7 rings (SSSR count). The van der Waals surface area contributed by atoms with Gasteiger partial charge in [-0.15, -0.1) is 0 Å². The third kappa shape index (κ3) is 6.86. The number of hydrogen-bond acceptors (Lipinski definition) is 7. The number of nitro groups is 1. The number of Topliss-reactive ketones (excluding diaryl/α,β-unsaturated/α-hetero) is 1. The highest BCUT2D eigenvalue weighted by atomic mass is 16.6. The van der Waals surface area contributed by atoms with Crippen LogP contribution in [0.15, 0.2) is 41.5 Å². The Labute approximate surface area is 317 Å². The fourth-order valence-corrected chi connectivity index (χ4v) is 13.5. The Morgan fingerprint density at radius 3 is 2.30 bits per heavy atom. The van der Waals surface area contributed by atoms with Gasteiger partial charge in [-0.3, -0.25) is 19.7 Å². The Morgan fingerprint density at radius 1 is 0.981 bits per heavy atom. The lowest BCUT2D eigenvalue weighted by atomic mass is 9.36. The number of rotatable bonds is 9. The first kappa shape index (κ1) is 39.8. The first-order valence-electron chi connectivity index (χ1n) is 20.6. The maximum absolute atomic E-state index is 13.5. The Hall–Kier alpha value is -2.87. The predicted octanol–water partition coefficient (Wildman–Crippen LogP) is 9.46. The minimum absolute atomic E-state index is 0.0193. The van der Waals surface area contributed by atoms with Crippen molar-refractivity contribution in [1.29, 1.82) is 0 Å². The van der Waals surface area contributed by atoms with Crippen LogP contribution in [0, 0.1) is 79.1 Å². The minimum Gasteiger partial charge on any atom is -0.462 e. The second-order valence-electron chi connectivity index (χ2n) is 19.4. The topological polar surface area (TPSA) is 113 Å². The normalized spacial score (nSPS) is 39.7. The SMILES string of the molecule is CC(C)C1=C2C3CCC4C(C)(CCC5C(C)(C)C(OC(=O)C6CC(C=O)C6C)CCC54C)C3CCC2(CC[N+](=O)[O-])CC1=O.COCc1ccccc1. The number of ketones is 1. The van der Waals surface area contributed by atoms with E-state index in [1.165, 1.54) is 11.1 Å². The molecule has 8 nitrogen and oxygen atoms in total. The van der Waals surface area contributed by atoms with E-state index in [2.05, 4.69) is 41.5 Å². The van der Waals surface area contributed by atoms with Crippen molar-refractivity contribution in [3.8, 4) is 0 Å². The zero-order valence-corrected chi connectivity index (χ0v) is 33.7. The standard InChI is InChI=1S/C37H55NO6.C8H10O/c1-21(2)31-27(40)19-37(16-17-38(42)43)15-10-26-24(32(31)37)8-9-29-35(26,6)13-11-28-34(4,5)30(12-14-36(28,29)7)44-33(41)25-18-23(20-39)22(25)3;1-9-7-8-5-3-2-4-6-8/h20-26,28-30H,8-19H2,1-7H3;2-6H,7H2,1H3. The van der Waals surface area contributed by atoms with Gasteiger partial charge in [0.15, 0.2) is 5.78 Å². The predicted molar refractivity (Wildman–Crippen MR) is 205 cm³/mol. The van der Waals surface area contributed by atoms with Gasteiger partial charge in [-0.25, -0.2) is 0 Å². The molecule has 5 saturated carbocycles. The van der Waals surface area contributed by atoms with Gasteiger partial charge in [0.25, 0.3) is 0 Å². The molecule has 0 amide bonds. The van der Waals surface area contributed by atoms with Gasteiger partial charge in [0.1, 0.15) is 12.4 Å². The number of nitrogens with zero attached hydrogens (tertiary/aromatic N) is 1. The molecule has 0 radical (unpaired) electrons. The van der Waals surface area contributed by atoms with E-state index in [9.17, 15) is 24.5 Å². The molecule has 1 aromatic carbocycles. The quantitative estimate of drug-likeness (QED) is 0.108. The highest BCUT2D eigenvalue weighted by molar-refractivity contribution is 6.00. The van der Waals surface area contributed by atoms with E-state index in [0.29, 0.717) is 49.5 Å². The Kier molecular flexibility index (Phi) is 11.3. The van der Waals surface area contributed by atoms with Gasteiger partial charge in [-0.1, -0.05) is 84.4 Å². The molecule has 6 aliphatic rings. The summed E-state index contributed by atoms with van der Waals surface area (Å²) in [6.07, 6.45) is 10.8. The lowest BCUT2D eigenvalue weighted by molar-refractivity contribution is -0.482. The van der Waals surface area contributed by atoms with Crippen LogP contribution >= 0.6 is 0 Å². The molecule has 5 fully saturated rings. The van der Waals surface area contributed by atoms with E-state index in [0.717, 1.165) is 63.2 Å².